The maximum atomic E-state index is 12.3. The maximum Gasteiger partial charge on any atom is 0.391 e. The number of carbonyl (C=O) groups is 2. The standard InChI is InChI=1S/C11H17F3N2O2/c1-7(6-11(12,13)14)16-5-4-8(17)15-10(2,3)9(16)18/h7H,4-6H2,1-3H3,(H,15,17). The fourth-order valence-electron chi connectivity index (χ4n) is 2.01. The van der Waals surface area contributed by atoms with Crippen molar-refractivity contribution in [3.8, 4) is 0 Å². The first kappa shape index (κ1) is 14.8. The maximum absolute atomic E-state index is 12.3. The summed E-state index contributed by atoms with van der Waals surface area (Å²) in [5.74, 6) is -0.805. The normalized spacial score (nSPS) is 22.4. The Hall–Kier alpha value is -1.27. The summed E-state index contributed by atoms with van der Waals surface area (Å²) in [7, 11) is 0. The monoisotopic (exact) mass is 266 g/mol. The van der Waals surface area contributed by atoms with Crippen molar-refractivity contribution in [2.75, 3.05) is 6.54 Å². The molecule has 0 saturated carbocycles. The zero-order valence-electron chi connectivity index (χ0n) is 10.6. The average Bonchev–Trinajstić information content (AvgIpc) is 2.22. The fraction of sp³-hybridized carbons (Fsp3) is 0.818. The minimum atomic E-state index is -4.33. The van der Waals surface area contributed by atoms with Crippen LogP contribution in [0.15, 0.2) is 0 Å². The van der Waals surface area contributed by atoms with E-state index < -0.39 is 30.1 Å². The Morgan fingerprint density at radius 2 is 1.94 bits per heavy atom. The third-order valence-corrected chi connectivity index (χ3v) is 2.89. The van der Waals surface area contributed by atoms with Crippen LogP contribution in [0.1, 0.15) is 33.6 Å². The van der Waals surface area contributed by atoms with Gasteiger partial charge in [-0.15, -0.1) is 0 Å². The molecule has 18 heavy (non-hydrogen) atoms. The van der Waals surface area contributed by atoms with E-state index in [2.05, 4.69) is 5.32 Å². The third kappa shape index (κ3) is 3.61. The summed E-state index contributed by atoms with van der Waals surface area (Å²) in [6.45, 7) is 4.35. The van der Waals surface area contributed by atoms with Crippen LogP contribution < -0.4 is 5.32 Å². The Morgan fingerprint density at radius 3 is 2.44 bits per heavy atom. The van der Waals surface area contributed by atoms with Crippen molar-refractivity contribution in [2.45, 2.75) is 51.4 Å². The SMILES string of the molecule is CC(CC(F)(F)F)N1CCC(=O)NC(C)(C)C1=O. The molecule has 2 amide bonds. The molecule has 0 aromatic heterocycles. The van der Waals surface area contributed by atoms with Crippen molar-refractivity contribution in [1.29, 1.82) is 0 Å². The molecule has 1 aliphatic rings. The molecule has 0 aliphatic carbocycles. The molecule has 0 spiro atoms. The van der Waals surface area contributed by atoms with Crippen LogP contribution in [0, 0.1) is 0 Å². The van der Waals surface area contributed by atoms with Gasteiger partial charge in [0, 0.05) is 19.0 Å². The Labute approximate surface area is 104 Å². The molecule has 0 bridgehead atoms. The van der Waals surface area contributed by atoms with Crippen molar-refractivity contribution in [2.24, 2.45) is 0 Å². The zero-order valence-corrected chi connectivity index (χ0v) is 10.6. The lowest BCUT2D eigenvalue weighted by Crippen LogP contribution is -2.55. The fourth-order valence-corrected chi connectivity index (χ4v) is 2.01. The smallest absolute Gasteiger partial charge is 0.342 e. The molecule has 1 rings (SSSR count). The predicted octanol–water partition coefficient (Wildman–Crippen LogP) is 1.45. The van der Waals surface area contributed by atoms with Gasteiger partial charge in [0.25, 0.3) is 0 Å². The van der Waals surface area contributed by atoms with Crippen molar-refractivity contribution in [3.05, 3.63) is 0 Å². The van der Waals surface area contributed by atoms with Crippen LogP contribution in [0.25, 0.3) is 0 Å². The summed E-state index contributed by atoms with van der Waals surface area (Å²) in [6, 6.07) is -0.968. The largest absolute Gasteiger partial charge is 0.391 e. The third-order valence-electron chi connectivity index (χ3n) is 2.89. The summed E-state index contributed by atoms with van der Waals surface area (Å²) >= 11 is 0. The Morgan fingerprint density at radius 1 is 1.39 bits per heavy atom. The van der Waals surface area contributed by atoms with E-state index in [4.69, 9.17) is 0 Å². The lowest BCUT2D eigenvalue weighted by atomic mass is 10.0. The number of amides is 2. The highest BCUT2D eigenvalue weighted by Gasteiger charge is 2.41. The summed E-state index contributed by atoms with van der Waals surface area (Å²) in [5, 5.41) is 2.50. The second kappa shape index (κ2) is 4.78. The van der Waals surface area contributed by atoms with Crippen LogP contribution in [0.5, 0.6) is 0 Å². The van der Waals surface area contributed by atoms with Gasteiger partial charge in [-0.3, -0.25) is 9.59 Å². The molecule has 0 radical (unpaired) electrons. The highest BCUT2D eigenvalue weighted by atomic mass is 19.4. The van der Waals surface area contributed by atoms with Gasteiger partial charge in [-0.05, 0) is 20.8 Å². The van der Waals surface area contributed by atoms with E-state index in [0.717, 1.165) is 4.90 Å². The van der Waals surface area contributed by atoms with Gasteiger partial charge in [0.05, 0.1) is 6.42 Å². The molecule has 1 heterocycles. The van der Waals surface area contributed by atoms with E-state index in [9.17, 15) is 22.8 Å². The summed E-state index contributed by atoms with van der Waals surface area (Å²) in [6.07, 6.45) is -5.37. The van der Waals surface area contributed by atoms with Crippen LogP contribution in [0.3, 0.4) is 0 Å². The molecule has 1 N–H and O–H groups in total. The molecule has 1 fully saturated rings. The minimum Gasteiger partial charge on any atom is -0.342 e. The number of hydrogen-bond donors (Lipinski definition) is 1. The molecule has 1 aliphatic heterocycles. The van der Waals surface area contributed by atoms with E-state index in [0.29, 0.717) is 0 Å². The van der Waals surface area contributed by atoms with E-state index >= 15 is 0 Å². The van der Waals surface area contributed by atoms with E-state index in [1.54, 1.807) is 0 Å². The lowest BCUT2D eigenvalue weighted by molar-refractivity contribution is -0.155. The van der Waals surface area contributed by atoms with E-state index in [1.807, 2.05) is 0 Å². The summed E-state index contributed by atoms with van der Waals surface area (Å²) in [4.78, 5) is 24.6. The van der Waals surface area contributed by atoms with Crippen LogP contribution >= 0.6 is 0 Å². The molecule has 4 nitrogen and oxygen atoms in total. The highest BCUT2D eigenvalue weighted by molar-refractivity contribution is 5.92. The molecule has 7 heteroatoms. The Bertz CT molecular complexity index is 353. The van der Waals surface area contributed by atoms with Crippen molar-refractivity contribution in [3.63, 3.8) is 0 Å². The molecule has 0 aromatic rings. The van der Waals surface area contributed by atoms with E-state index in [-0.39, 0.29) is 18.9 Å². The Kier molecular flexibility index (Phi) is 3.92. The number of nitrogens with zero attached hydrogens (tertiary/aromatic N) is 1. The van der Waals surface area contributed by atoms with Gasteiger partial charge < -0.3 is 10.2 Å². The van der Waals surface area contributed by atoms with Gasteiger partial charge in [-0.1, -0.05) is 0 Å². The number of nitrogens with one attached hydrogen (secondary N) is 1. The number of alkyl halides is 3. The Balaban J connectivity index is 2.87. The predicted molar refractivity (Wildman–Crippen MR) is 58.7 cm³/mol. The van der Waals surface area contributed by atoms with Crippen LogP contribution in [-0.2, 0) is 9.59 Å². The second-order valence-corrected chi connectivity index (χ2v) is 5.09. The van der Waals surface area contributed by atoms with Gasteiger partial charge in [0.2, 0.25) is 11.8 Å². The first-order valence-corrected chi connectivity index (χ1v) is 5.72. The topological polar surface area (TPSA) is 49.4 Å². The van der Waals surface area contributed by atoms with Crippen LogP contribution in [0.4, 0.5) is 13.2 Å². The molecular weight excluding hydrogens is 249 g/mol. The molecule has 0 aromatic carbocycles. The summed E-state index contributed by atoms with van der Waals surface area (Å²) in [5.41, 5.74) is -1.16. The number of halogens is 3. The number of carbonyl (C=O) groups excluding carboxylic acids is 2. The minimum absolute atomic E-state index is 0.0192. The van der Waals surface area contributed by atoms with Gasteiger partial charge in [-0.25, -0.2) is 0 Å². The van der Waals surface area contributed by atoms with Crippen molar-refractivity contribution < 1.29 is 22.8 Å². The van der Waals surface area contributed by atoms with Crippen molar-refractivity contribution >= 4 is 11.8 Å². The van der Waals surface area contributed by atoms with Gasteiger partial charge >= 0.3 is 6.18 Å². The first-order chi connectivity index (χ1) is 8.03. The highest BCUT2D eigenvalue weighted by Crippen LogP contribution is 2.26. The summed E-state index contributed by atoms with van der Waals surface area (Å²) < 4.78 is 37.0. The lowest BCUT2D eigenvalue weighted by Gasteiger charge is -2.33. The second-order valence-electron chi connectivity index (χ2n) is 5.09. The molecule has 104 valence electrons. The van der Waals surface area contributed by atoms with E-state index in [1.165, 1.54) is 20.8 Å². The average molecular weight is 266 g/mol. The first-order valence-electron chi connectivity index (χ1n) is 5.72. The van der Waals surface area contributed by atoms with Crippen molar-refractivity contribution in [1.82, 2.24) is 10.2 Å². The number of rotatable bonds is 2. The van der Waals surface area contributed by atoms with Gasteiger partial charge in [-0.2, -0.15) is 13.2 Å². The molecule has 1 unspecified atom stereocenters. The van der Waals surface area contributed by atoms with Gasteiger partial charge in [0.1, 0.15) is 5.54 Å². The molecule has 1 saturated heterocycles. The zero-order chi connectivity index (χ0) is 14.1. The number of hydrogen-bond acceptors (Lipinski definition) is 2. The van der Waals surface area contributed by atoms with Crippen LogP contribution in [-0.4, -0.2) is 41.0 Å². The molecule has 1 atom stereocenters. The molecular formula is C11H17F3N2O2. The van der Waals surface area contributed by atoms with Crippen LogP contribution in [0.2, 0.25) is 0 Å². The van der Waals surface area contributed by atoms with Gasteiger partial charge in [0.15, 0.2) is 0 Å². The quantitative estimate of drug-likeness (QED) is 0.822.